The first kappa shape index (κ1) is 21.1. The number of nitro groups is 1. The molecule has 1 amide bonds. The highest BCUT2D eigenvalue weighted by atomic mass is 16.6. The molecule has 0 saturated carbocycles. The maximum Gasteiger partial charge on any atom is 0.269 e. The van der Waals surface area contributed by atoms with E-state index in [-0.39, 0.29) is 18.0 Å². The minimum atomic E-state index is -0.475. The van der Waals surface area contributed by atoms with Crippen LogP contribution in [0, 0.1) is 10.1 Å². The largest absolute Gasteiger partial charge is 0.493 e. The number of amides is 1. The average Bonchev–Trinajstić information content (AvgIpc) is 2.69. The molecule has 7 heteroatoms. The normalized spacial score (nSPS) is 10.8. The summed E-state index contributed by atoms with van der Waals surface area (Å²) >= 11 is 0. The van der Waals surface area contributed by atoms with E-state index in [1.165, 1.54) is 25.0 Å². The lowest BCUT2D eigenvalue weighted by Gasteiger charge is -2.08. The van der Waals surface area contributed by atoms with Gasteiger partial charge in [0.15, 0.2) is 0 Å². The van der Waals surface area contributed by atoms with Crippen LogP contribution in [0.4, 0.5) is 5.69 Å². The first-order valence-electron chi connectivity index (χ1n) is 9.37. The second-order valence-electron chi connectivity index (χ2n) is 6.34. The second-order valence-corrected chi connectivity index (χ2v) is 6.34. The number of hydrazone groups is 1. The molecule has 0 heterocycles. The molecule has 0 aliphatic rings. The van der Waals surface area contributed by atoms with Crippen LogP contribution in [0.5, 0.6) is 5.75 Å². The van der Waals surface area contributed by atoms with Gasteiger partial charge in [0.05, 0.1) is 24.2 Å². The highest BCUT2D eigenvalue weighted by Gasteiger charge is 2.07. The van der Waals surface area contributed by atoms with Crippen molar-refractivity contribution < 1.29 is 14.5 Å². The maximum absolute atomic E-state index is 12.0. The van der Waals surface area contributed by atoms with Crippen molar-refractivity contribution in [3.63, 3.8) is 0 Å². The molecule has 0 aromatic heterocycles. The lowest BCUT2D eigenvalue weighted by Crippen LogP contribution is -2.19. The van der Waals surface area contributed by atoms with E-state index < -0.39 is 4.92 Å². The molecule has 0 spiro atoms. The fourth-order valence-electron chi connectivity index (χ4n) is 2.56. The van der Waals surface area contributed by atoms with Crippen LogP contribution in [0.2, 0.25) is 0 Å². The fourth-order valence-corrected chi connectivity index (χ4v) is 2.56. The third kappa shape index (κ3) is 7.19. The Kier molecular flexibility index (Phi) is 8.65. The van der Waals surface area contributed by atoms with E-state index in [9.17, 15) is 14.9 Å². The number of hydrogen-bond acceptors (Lipinski definition) is 5. The first-order valence-corrected chi connectivity index (χ1v) is 9.37. The fraction of sp³-hybridized carbons (Fsp3) is 0.333. The van der Waals surface area contributed by atoms with Crippen LogP contribution < -0.4 is 10.2 Å². The molecule has 0 fully saturated rings. The van der Waals surface area contributed by atoms with Crippen molar-refractivity contribution in [1.29, 1.82) is 0 Å². The summed E-state index contributed by atoms with van der Waals surface area (Å²) in [5, 5.41) is 14.6. The van der Waals surface area contributed by atoms with Crippen molar-refractivity contribution in [1.82, 2.24) is 5.43 Å². The van der Waals surface area contributed by atoms with Gasteiger partial charge in [0, 0.05) is 17.7 Å². The third-order valence-corrected chi connectivity index (χ3v) is 4.08. The molecule has 1 N–H and O–H groups in total. The Hall–Kier alpha value is -3.22. The summed E-state index contributed by atoms with van der Waals surface area (Å²) in [6.45, 7) is 2.82. The molecule has 0 radical (unpaired) electrons. The predicted octanol–water partition coefficient (Wildman–Crippen LogP) is 4.25. The van der Waals surface area contributed by atoms with E-state index in [0.29, 0.717) is 12.2 Å². The molecule has 0 bridgehead atoms. The second kappa shape index (κ2) is 11.5. The van der Waals surface area contributed by atoms with Crippen molar-refractivity contribution in [2.75, 3.05) is 6.61 Å². The topological polar surface area (TPSA) is 93.8 Å². The monoisotopic (exact) mass is 383 g/mol. The molecule has 28 heavy (non-hydrogen) atoms. The van der Waals surface area contributed by atoms with Gasteiger partial charge in [0.25, 0.3) is 5.69 Å². The van der Waals surface area contributed by atoms with Crippen molar-refractivity contribution in [3.05, 3.63) is 69.8 Å². The van der Waals surface area contributed by atoms with Crippen molar-refractivity contribution in [2.24, 2.45) is 5.10 Å². The van der Waals surface area contributed by atoms with Gasteiger partial charge in [-0.3, -0.25) is 14.9 Å². The minimum absolute atomic E-state index is 0.00604. The first-order chi connectivity index (χ1) is 13.6. The van der Waals surface area contributed by atoms with Crippen molar-refractivity contribution in [2.45, 2.75) is 39.0 Å². The number of carbonyl (C=O) groups excluding carboxylic acids is 1. The molecule has 2 aromatic rings. The van der Waals surface area contributed by atoms with Crippen LogP contribution in [-0.4, -0.2) is 23.7 Å². The Morgan fingerprint density at radius 3 is 2.61 bits per heavy atom. The van der Waals surface area contributed by atoms with Crippen LogP contribution in [-0.2, 0) is 11.2 Å². The summed E-state index contributed by atoms with van der Waals surface area (Å²) in [5.41, 5.74) is 3.92. The summed E-state index contributed by atoms with van der Waals surface area (Å²) in [6, 6.07) is 13.4. The van der Waals surface area contributed by atoms with Gasteiger partial charge in [0.2, 0.25) is 5.91 Å². The Morgan fingerprint density at radius 1 is 1.14 bits per heavy atom. The van der Waals surface area contributed by atoms with Gasteiger partial charge in [-0.2, -0.15) is 5.10 Å². The number of benzene rings is 2. The van der Waals surface area contributed by atoms with Crippen molar-refractivity contribution >= 4 is 17.8 Å². The highest BCUT2D eigenvalue weighted by molar-refractivity contribution is 5.85. The Bertz CT molecular complexity index is 804. The number of unbranched alkanes of at least 4 members (excludes halogenated alkanes) is 3. The van der Waals surface area contributed by atoms with E-state index in [1.807, 2.05) is 24.3 Å². The number of nitro benzene ring substituents is 1. The van der Waals surface area contributed by atoms with Crippen LogP contribution in [0.15, 0.2) is 53.6 Å². The number of rotatable bonds is 11. The van der Waals surface area contributed by atoms with Crippen LogP contribution in [0.1, 0.15) is 43.7 Å². The number of para-hydroxylation sites is 1. The van der Waals surface area contributed by atoms with Gasteiger partial charge in [-0.1, -0.05) is 50.5 Å². The van der Waals surface area contributed by atoms with Gasteiger partial charge in [-0.15, -0.1) is 0 Å². The molecule has 2 aromatic carbocycles. The highest BCUT2D eigenvalue weighted by Crippen LogP contribution is 2.16. The zero-order valence-electron chi connectivity index (χ0n) is 16.0. The number of carbonyl (C=O) groups is 1. The predicted molar refractivity (Wildman–Crippen MR) is 109 cm³/mol. The average molecular weight is 383 g/mol. The number of non-ortho nitro benzene ring substituents is 1. The maximum atomic E-state index is 12.0. The van der Waals surface area contributed by atoms with E-state index in [2.05, 4.69) is 17.5 Å². The summed E-state index contributed by atoms with van der Waals surface area (Å²) < 4.78 is 5.81. The van der Waals surface area contributed by atoms with Crippen molar-refractivity contribution in [3.8, 4) is 5.75 Å². The smallest absolute Gasteiger partial charge is 0.269 e. The van der Waals surface area contributed by atoms with E-state index in [1.54, 1.807) is 18.3 Å². The van der Waals surface area contributed by atoms with Crippen LogP contribution in [0.3, 0.4) is 0 Å². The SMILES string of the molecule is CCCCCCOc1ccccc1/C=N/NC(=O)Cc1ccc([N+](=O)[O-])cc1. The number of hydrogen-bond donors (Lipinski definition) is 1. The molecular weight excluding hydrogens is 358 g/mol. The molecule has 0 aliphatic carbocycles. The summed E-state index contributed by atoms with van der Waals surface area (Å²) in [6.07, 6.45) is 6.17. The Labute approximate surface area is 164 Å². The minimum Gasteiger partial charge on any atom is -0.493 e. The molecule has 0 aliphatic heterocycles. The van der Waals surface area contributed by atoms with Gasteiger partial charge in [-0.05, 0) is 24.1 Å². The zero-order chi connectivity index (χ0) is 20.2. The molecule has 148 valence electrons. The summed E-state index contributed by atoms with van der Waals surface area (Å²) in [4.78, 5) is 22.2. The van der Waals surface area contributed by atoms with Crippen LogP contribution >= 0.6 is 0 Å². The molecule has 0 unspecified atom stereocenters. The van der Waals surface area contributed by atoms with Gasteiger partial charge in [0.1, 0.15) is 5.75 Å². The molecule has 0 atom stereocenters. The van der Waals surface area contributed by atoms with Gasteiger partial charge < -0.3 is 4.74 Å². The van der Waals surface area contributed by atoms with E-state index in [0.717, 1.165) is 24.2 Å². The van der Waals surface area contributed by atoms with Gasteiger partial charge in [-0.25, -0.2) is 5.43 Å². The Morgan fingerprint density at radius 2 is 1.89 bits per heavy atom. The summed E-state index contributed by atoms with van der Waals surface area (Å²) in [5.74, 6) is 0.426. The van der Waals surface area contributed by atoms with E-state index >= 15 is 0 Å². The third-order valence-electron chi connectivity index (χ3n) is 4.08. The molecule has 7 nitrogen and oxygen atoms in total. The number of nitrogens with zero attached hydrogens (tertiary/aromatic N) is 2. The summed E-state index contributed by atoms with van der Waals surface area (Å²) in [7, 11) is 0. The zero-order valence-corrected chi connectivity index (χ0v) is 16.0. The molecular formula is C21H25N3O4. The van der Waals surface area contributed by atoms with Gasteiger partial charge >= 0.3 is 0 Å². The lowest BCUT2D eigenvalue weighted by molar-refractivity contribution is -0.384. The molecule has 2 rings (SSSR count). The quantitative estimate of drug-likeness (QED) is 0.272. The van der Waals surface area contributed by atoms with E-state index in [4.69, 9.17) is 4.74 Å². The number of nitrogens with one attached hydrogen (secondary N) is 1. The standard InChI is InChI=1S/C21H25N3O4/c1-2-3-4-7-14-28-20-9-6-5-8-18(20)16-22-23-21(25)15-17-10-12-19(13-11-17)24(26)27/h5-6,8-13,16H,2-4,7,14-15H2,1H3,(H,23,25)/b22-16+. The lowest BCUT2D eigenvalue weighted by atomic mass is 10.1. The Balaban J connectivity index is 1.84. The molecule has 0 saturated heterocycles. The number of ether oxygens (including phenoxy) is 1. The van der Waals surface area contributed by atoms with Crippen LogP contribution in [0.25, 0.3) is 0 Å².